The van der Waals surface area contributed by atoms with Crippen LogP contribution in [-0.2, 0) is 16.1 Å². The first-order chi connectivity index (χ1) is 7.67. The maximum Gasteiger partial charge on any atom is 0.243 e. The van der Waals surface area contributed by atoms with Gasteiger partial charge in [0.2, 0.25) is 5.91 Å². The average Bonchev–Trinajstić information content (AvgIpc) is 2.28. The third-order valence-electron chi connectivity index (χ3n) is 2.09. The van der Waals surface area contributed by atoms with Gasteiger partial charge in [-0.3, -0.25) is 9.63 Å². The van der Waals surface area contributed by atoms with Gasteiger partial charge in [0.05, 0.1) is 14.2 Å². The number of methoxy groups -OCH3 is 1. The van der Waals surface area contributed by atoms with E-state index in [2.05, 4.69) is 10.3 Å². The van der Waals surface area contributed by atoms with Gasteiger partial charge in [-0.25, -0.2) is 5.48 Å². The lowest BCUT2D eigenvalue weighted by Crippen LogP contribution is -2.21. The highest BCUT2D eigenvalue weighted by atomic mass is 35.5. The van der Waals surface area contributed by atoms with Crippen LogP contribution in [0.25, 0.3) is 0 Å². The Balaban J connectivity index is 2.62. The molecule has 16 heavy (non-hydrogen) atoms. The molecule has 5 heteroatoms. The maximum absolute atomic E-state index is 11.2. The molecule has 0 bridgehead atoms. The number of nitrogens with one attached hydrogen (secondary N) is 1. The summed E-state index contributed by atoms with van der Waals surface area (Å²) in [4.78, 5) is 15.7. The van der Waals surface area contributed by atoms with Gasteiger partial charge in [0, 0.05) is 11.4 Å². The Kier molecular flexibility index (Phi) is 5.08. The first kappa shape index (κ1) is 12.8. The van der Waals surface area contributed by atoms with E-state index in [9.17, 15) is 4.79 Å². The van der Waals surface area contributed by atoms with Crippen LogP contribution in [0.3, 0.4) is 0 Å². The molecule has 0 radical (unpaired) electrons. The molecule has 0 aliphatic heterocycles. The summed E-state index contributed by atoms with van der Waals surface area (Å²) in [6, 6.07) is 5.35. The lowest BCUT2D eigenvalue weighted by Gasteiger charge is -2.07. The van der Waals surface area contributed by atoms with Crippen molar-refractivity contribution in [2.24, 2.45) is 0 Å². The fraction of sp³-hybridized carbons (Fsp3) is 0.364. The van der Waals surface area contributed by atoms with E-state index >= 15 is 0 Å². The smallest absolute Gasteiger partial charge is 0.243 e. The summed E-state index contributed by atoms with van der Waals surface area (Å²) in [6.07, 6.45) is 0.867. The quantitative estimate of drug-likeness (QED) is 0.805. The van der Waals surface area contributed by atoms with Gasteiger partial charge >= 0.3 is 0 Å². The van der Waals surface area contributed by atoms with Crippen molar-refractivity contribution in [3.8, 4) is 5.75 Å². The Labute approximate surface area is 99.5 Å². The second-order valence-electron chi connectivity index (χ2n) is 3.19. The summed E-state index contributed by atoms with van der Waals surface area (Å²) < 4.78 is 5.08. The molecule has 0 aromatic heterocycles. The largest absolute Gasteiger partial charge is 0.497 e. The highest BCUT2D eigenvalue weighted by Gasteiger charge is 2.06. The number of aryl methyl sites for hydroxylation is 1. The zero-order chi connectivity index (χ0) is 12.0. The third kappa shape index (κ3) is 3.72. The van der Waals surface area contributed by atoms with E-state index < -0.39 is 0 Å². The predicted octanol–water partition coefficient (Wildman–Crippen LogP) is 1.96. The molecule has 0 aliphatic carbocycles. The molecular weight excluding hydrogens is 230 g/mol. The van der Waals surface area contributed by atoms with E-state index in [1.54, 1.807) is 19.2 Å². The molecule has 1 aromatic rings. The number of amides is 1. The maximum atomic E-state index is 11.2. The van der Waals surface area contributed by atoms with E-state index in [0.29, 0.717) is 17.9 Å². The summed E-state index contributed by atoms with van der Waals surface area (Å²) in [7, 11) is 2.99. The van der Waals surface area contributed by atoms with Crippen LogP contribution < -0.4 is 10.2 Å². The van der Waals surface area contributed by atoms with Crippen molar-refractivity contribution in [2.45, 2.75) is 12.8 Å². The second kappa shape index (κ2) is 6.35. The number of hydroxylamine groups is 1. The molecule has 4 nitrogen and oxygen atoms in total. The second-order valence-corrected chi connectivity index (χ2v) is 3.59. The molecule has 0 saturated heterocycles. The van der Waals surface area contributed by atoms with Crippen LogP contribution in [0.5, 0.6) is 5.75 Å². The molecule has 0 atom stereocenters. The van der Waals surface area contributed by atoms with Gasteiger partial charge in [-0.1, -0.05) is 11.6 Å². The van der Waals surface area contributed by atoms with E-state index in [0.717, 1.165) is 11.3 Å². The highest BCUT2D eigenvalue weighted by molar-refractivity contribution is 6.31. The molecule has 0 aliphatic rings. The van der Waals surface area contributed by atoms with Crippen molar-refractivity contribution in [3.63, 3.8) is 0 Å². The van der Waals surface area contributed by atoms with Crippen molar-refractivity contribution in [3.05, 3.63) is 28.8 Å². The van der Waals surface area contributed by atoms with E-state index in [1.807, 2.05) is 6.07 Å². The monoisotopic (exact) mass is 243 g/mol. The predicted molar refractivity (Wildman–Crippen MR) is 61.5 cm³/mol. The summed E-state index contributed by atoms with van der Waals surface area (Å²) in [6.45, 7) is 0. The van der Waals surface area contributed by atoms with E-state index in [4.69, 9.17) is 16.3 Å². The van der Waals surface area contributed by atoms with Crippen LogP contribution in [0.15, 0.2) is 18.2 Å². The van der Waals surface area contributed by atoms with Crippen LogP contribution in [0.4, 0.5) is 0 Å². The zero-order valence-corrected chi connectivity index (χ0v) is 10.0. The summed E-state index contributed by atoms with van der Waals surface area (Å²) >= 11 is 6.00. The standard InChI is InChI=1S/C11H14ClNO3/c1-15-9-4-5-10(12)8(7-9)3-6-11(14)13-16-2/h4-5,7H,3,6H2,1-2H3,(H,13,14). The summed E-state index contributed by atoms with van der Waals surface area (Å²) in [5.74, 6) is 0.549. The van der Waals surface area contributed by atoms with Crippen LogP contribution in [0.1, 0.15) is 12.0 Å². The number of carbonyl (C=O) groups excluding carboxylic acids is 1. The first-order valence-electron chi connectivity index (χ1n) is 4.81. The third-order valence-corrected chi connectivity index (χ3v) is 2.46. The molecule has 1 aromatic carbocycles. The van der Waals surface area contributed by atoms with Crippen molar-refractivity contribution < 1.29 is 14.4 Å². The minimum Gasteiger partial charge on any atom is -0.497 e. The molecule has 0 fully saturated rings. The van der Waals surface area contributed by atoms with Crippen molar-refractivity contribution in [1.82, 2.24) is 5.48 Å². The lowest BCUT2D eigenvalue weighted by molar-refractivity contribution is -0.131. The topological polar surface area (TPSA) is 47.6 Å². The minimum atomic E-state index is -0.179. The number of halogens is 1. The molecule has 1 amide bonds. The number of carbonyl (C=O) groups is 1. The number of ether oxygens (including phenoxy) is 1. The average molecular weight is 244 g/mol. The minimum absolute atomic E-state index is 0.179. The Morgan fingerprint density at radius 3 is 2.81 bits per heavy atom. The number of hydrogen-bond donors (Lipinski definition) is 1. The fourth-order valence-corrected chi connectivity index (χ4v) is 1.49. The van der Waals surface area contributed by atoms with Gasteiger partial charge < -0.3 is 4.74 Å². The molecule has 1 rings (SSSR count). The molecule has 0 unspecified atom stereocenters. The Morgan fingerprint density at radius 1 is 1.44 bits per heavy atom. The van der Waals surface area contributed by atoms with Crippen molar-refractivity contribution in [2.75, 3.05) is 14.2 Å². The van der Waals surface area contributed by atoms with Gasteiger partial charge in [-0.05, 0) is 30.2 Å². The van der Waals surface area contributed by atoms with Gasteiger partial charge in [-0.15, -0.1) is 0 Å². The van der Waals surface area contributed by atoms with Crippen LogP contribution in [0.2, 0.25) is 5.02 Å². The Hall–Kier alpha value is -1.26. The van der Waals surface area contributed by atoms with E-state index in [1.165, 1.54) is 7.11 Å². The van der Waals surface area contributed by atoms with Gasteiger partial charge in [0.1, 0.15) is 5.75 Å². The van der Waals surface area contributed by atoms with Crippen molar-refractivity contribution >= 4 is 17.5 Å². The zero-order valence-electron chi connectivity index (χ0n) is 9.25. The van der Waals surface area contributed by atoms with Crippen LogP contribution in [-0.4, -0.2) is 20.1 Å². The highest BCUT2D eigenvalue weighted by Crippen LogP contribution is 2.22. The summed E-state index contributed by atoms with van der Waals surface area (Å²) in [5.41, 5.74) is 3.13. The van der Waals surface area contributed by atoms with Gasteiger partial charge in [-0.2, -0.15) is 0 Å². The molecule has 0 saturated carbocycles. The first-order valence-corrected chi connectivity index (χ1v) is 5.19. The SMILES string of the molecule is CONC(=O)CCc1cc(OC)ccc1Cl. The van der Waals surface area contributed by atoms with Crippen LogP contribution >= 0.6 is 11.6 Å². The summed E-state index contributed by atoms with van der Waals surface area (Å²) in [5, 5.41) is 0.631. The Morgan fingerprint density at radius 2 is 2.19 bits per heavy atom. The van der Waals surface area contributed by atoms with Crippen molar-refractivity contribution in [1.29, 1.82) is 0 Å². The fourth-order valence-electron chi connectivity index (χ4n) is 1.28. The van der Waals surface area contributed by atoms with Crippen LogP contribution in [0, 0.1) is 0 Å². The van der Waals surface area contributed by atoms with Gasteiger partial charge in [0.25, 0.3) is 0 Å². The number of benzene rings is 1. The Bertz CT molecular complexity index is 368. The molecule has 1 N–H and O–H groups in total. The molecule has 0 heterocycles. The molecule has 0 spiro atoms. The molecule has 88 valence electrons. The lowest BCUT2D eigenvalue weighted by atomic mass is 10.1. The van der Waals surface area contributed by atoms with Gasteiger partial charge in [0.15, 0.2) is 0 Å². The van der Waals surface area contributed by atoms with E-state index in [-0.39, 0.29) is 5.91 Å². The number of rotatable bonds is 5. The number of hydrogen-bond acceptors (Lipinski definition) is 3. The normalized spacial score (nSPS) is 9.94. The molecular formula is C11H14ClNO3.